The second-order valence-corrected chi connectivity index (χ2v) is 15.8. The zero-order valence-corrected chi connectivity index (χ0v) is 32.4. The molecule has 0 bridgehead atoms. The van der Waals surface area contributed by atoms with E-state index in [1.54, 1.807) is 0 Å². The van der Waals surface area contributed by atoms with Gasteiger partial charge in [0.2, 0.25) is 5.89 Å². The molecule has 0 spiro atoms. The Labute approximate surface area is 343 Å². The van der Waals surface area contributed by atoms with Crippen molar-refractivity contribution in [3.8, 4) is 11.5 Å². The van der Waals surface area contributed by atoms with Gasteiger partial charge in [0.15, 0.2) is 5.58 Å². The normalized spacial score (nSPS) is 11.7. The van der Waals surface area contributed by atoms with Crippen molar-refractivity contribution in [3.05, 3.63) is 200 Å². The van der Waals surface area contributed by atoms with E-state index in [-0.39, 0.29) is 0 Å². The number of para-hydroxylation sites is 3. The molecule has 0 fully saturated rings. The van der Waals surface area contributed by atoms with Gasteiger partial charge in [-0.05, 0) is 90.3 Å². The van der Waals surface area contributed by atoms with E-state index in [2.05, 4.69) is 180 Å². The highest BCUT2D eigenvalue weighted by atomic mass is 32.1. The van der Waals surface area contributed by atoms with Gasteiger partial charge in [-0.3, -0.25) is 0 Å². The lowest BCUT2D eigenvalue weighted by atomic mass is 10.0. The van der Waals surface area contributed by atoms with Gasteiger partial charge in [0.05, 0.1) is 27.1 Å². The number of oxazole rings is 1. The molecule has 59 heavy (non-hydrogen) atoms. The maximum Gasteiger partial charge on any atom is 0.227 e. The molecule has 0 saturated heterocycles. The van der Waals surface area contributed by atoms with E-state index in [1.807, 2.05) is 41.7 Å². The van der Waals surface area contributed by atoms with Crippen LogP contribution in [0.3, 0.4) is 0 Å². The van der Waals surface area contributed by atoms with E-state index in [9.17, 15) is 0 Å². The van der Waals surface area contributed by atoms with E-state index >= 15 is 0 Å². The summed E-state index contributed by atoms with van der Waals surface area (Å²) in [6.45, 7) is 0. The molecule has 0 N–H and O–H groups in total. The summed E-state index contributed by atoms with van der Waals surface area (Å²) in [4.78, 5) is 10.1. The lowest BCUT2D eigenvalue weighted by Gasteiger charge is -2.28. The van der Waals surface area contributed by atoms with Crippen LogP contribution in [0.25, 0.3) is 75.4 Å². The molecule has 6 heteroatoms. The topological polar surface area (TPSA) is 45.7 Å². The van der Waals surface area contributed by atoms with Crippen LogP contribution in [-0.4, -0.2) is 4.98 Å². The van der Waals surface area contributed by atoms with E-state index in [0.717, 1.165) is 77.9 Å². The van der Waals surface area contributed by atoms with Crippen LogP contribution < -0.4 is 9.80 Å². The van der Waals surface area contributed by atoms with Crippen molar-refractivity contribution < 1.29 is 8.83 Å². The number of hydrogen-bond acceptors (Lipinski definition) is 6. The Hall–Kier alpha value is -7.67. The summed E-state index contributed by atoms with van der Waals surface area (Å²) in [5.74, 6) is 0.565. The minimum Gasteiger partial charge on any atom is -0.456 e. The van der Waals surface area contributed by atoms with Gasteiger partial charge >= 0.3 is 0 Å². The molecular formula is C53H33N3O2S. The first-order chi connectivity index (χ1) is 29.3. The van der Waals surface area contributed by atoms with Crippen LogP contribution in [0.5, 0.6) is 0 Å². The lowest BCUT2D eigenvalue weighted by Crippen LogP contribution is -2.12. The second kappa shape index (κ2) is 13.5. The summed E-state index contributed by atoms with van der Waals surface area (Å²) in [6, 6.07) is 70.1. The fourth-order valence-corrected chi connectivity index (χ4v) is 9.82. The highest BCUT2D eigenvalue weighted by Crippen LogP contribution is 2.50. The van der Waals surface area contributed by atoms with Crippen molar-refractivity contribution in [2.75, 3.05) is 9.80 Å². The average molecular weight is 776 g/mol. The van der Waals surface area contributed by atoms with Gasteiger partial charge < -0.3 is 18.6 Å². The summed E-state index contributed by atoms with van der Waals surface area (Å²) >= 11 is 1.82. The van der Waals surface area contributed by atoms with Crippen molar-refractivity contribution in [2.45, 2.75) is 0 Å². The Morgan fingerprint density at radius 1 is 0.424 bits per heavy atom. The molecule has 0 aliphatic rings. The first kappa shape index (κ1) is 33.5. The average Bonchev–Trinajstić information content (AvgIpc) is 4.02. The van der Waals surface area contributed by atoms with Crippen molar-refractivity contribution in [1.29, 1.82) is 0 Å². The third-order valence-corrected chi connectivity index (χ3v) is 12.4. The quantitative estimate of drug-likeness (QED) is 0.161. The maximum absolute atomic E-state index is 7.07. The Morgan fingerprint density at radius 2 is 1.07 bits per heavy atom. The van der Waals surface area contributed by atoms with Crippen molar-refractivity contribution in [2.24, 2.45) is 0 Å². The number of anilines is 6. The number of rotatable bonds is 7. The standard InChI is InChI=1S/C53H33N3O2S/c1-4-16-34(17-5-1)53-54-50-45(56(37-21-8-3-9-22-37)44-27-15-25-41-40-24-11-13-29-48(40)59-52(41)44)32-35-18-14-26-43(49(35)51(50)58-53)55(36-19-6-2-7-20-36)38-30-31-47-42(33-38)39-23-10-12-28-46(39)57-47/h1-33H. The number of nitrogens with zero attached hydrogens (tertiary/aromatic N) is 3. The van der Waals surface area contributed by atoms with Gasteiger partial charge in [0.25, 0.3) is 0 Å². The van der Waals surface area contributed by atoms with Crippen molar-refractivity contribution >= 4 is 109 Å². The number of aromatic nitrogens is 1. The molecule has 9 aromatic carbocycles. The van der Waals surface area contributed by atoms with E-state index in [0.29, 0.717) is 11.5 Å². The summed E-state index contributed by atoms with van der Waals surface area (Å²) in [5.41, 5.74) is 10.2. The lowest BCUT2D eigenvalue weighted by molar-refractivity contribution is 0.623. The molecule has 12 aromatic rings. The van der Waals surface area contributed by atoms with Crippen LogP contribution in [0.2, 0.25) is 0 Å². The summed E-state index contributed by atoms with van der Waals surface area (Å²) in [5, 5.41) is 6.63. The molecule has 12 rings (SSSR count). The van der Waals surface area contributed by atoms with Gasteiger partial charge in [-0.15, -0.1) is 11.3 Å². The summed E-state index contributed by atoms with van der Waals surface area (Å²) in [6.07, 6.45) is 0. The molecule has 3 heterocycles. The molecule has 0 amide bonds. The monoisotopic (exact) mass is 775 g/mol. The number of benzene rings is 9. The van der Waals surface area contributed by atoms with Crippen LogP contribution in [0.15, 0.2) is 209 Å². The molecule has 278 valence electrons. The first-order valence-corrected chi connectivity index (χ1v) is 20.5. The Balaban J connectivity index is 1.17. The molecule has 0 aliphatic carbocycles. The molecule has 0 aliphatic heterocycles. The van der Waals surface area contributed by atoms with Crippen molar-refractivity contribution in [1.82, 2.24) is 4.98 Å². The number of thiophene rings is 1. The van der Waals surface area contributed by atoms with Gasteiger partial charge in [-0.1, -0.05) is 115 Å². The fraction of sp³-hybridized carbons (Fsp3) is 0. The van der Waals surface area contributed by atoms with Crippen molar-refractivity contribution in [3.63, 3.8) is 0 Å². The zero-order valence-electron chi connectivity index (χ0n) is 31.6. The Bertz CT molecular complexity index is 3520. The van der Waals surface area contributed by atoms with E-state index in [4.69, 9.17) is 13.8 Å². The van der Waals surface area contributed by atoms with Crippen LogP contribution in [0.4, 0.5) is 34.1 Å². The third kappa shape index (κ3) is 5.42. The maximum atomic E-state index is 7.07. The SMILES string of the molecule is c1ccc(-c2nc3c(N(c4ccccc4)c4cccc5c4sc4ccccc45)cc4cccc(N(c5ccccc5)c5ccc6oc7ccccc7c6c5)c4c3o2)cc1. The van der Waals surface area contributed by atoms with Gasteiger partial charge in [-0.25, -0.2) is 4.98 Å². The molecule has 0 atom stereocenters. The summed E-state index contributed by atoms with van der Waals surface area (Å²) < 4.78 is 15.8. The van der Waals surface area contributed by atoms with Crippen LogP contribution in [0, 0.1) is 0 Å². The predicted octanol–water partition coefficient (Wildman–Crippen LogP) is 15.9. The van der Waals surface area contributed by atoms with Gasteiger partial charge in [0.1, 0.15) is 16.7 Å². The predicted molar refractivity (Wildman–Crippen MR) is 246 cm³/mol. The summed E-state index contributed by atoms with van der Waals surface area (Å²) in [7, 11) is 0. The molecule has 5 nitrogen and oxygen atoms in total. The highest BCUT2D eigenvalue weighted by Gasteiger charge is 2.27. The fourth-order valence-electron chi connectivity index (χ4n) is 8.62. The van der Waals surface area contributed by atoms with Crippen LogP contribution >= 0.6 is 11.3 Å². The Kier molecular flexibility index (Phi) is 7.64. The molecule has 0 unspecified atom stereocenters. The number of fused-ring (bicyclic) bond motifs is 9. The van der Waals surface area contributed by atoms with Crippen LogP contribution in [-0.2, 0) is 0 Å². The zero-order chi connectivity index (χ0) is 38.9. The molecule has 3 aromatic heterocycles. The first-order valence-electron chi connectivity index (χ1n) is 19.7. The molecule has 0 radical (unpaired) electrons. The smallest absolute Gasteiger partial charge is 0.227 e. The number of hydrogen-bond donors (Lipinski definition) is 0. The minimum absolute atomic E-state index is 0.565. The third-order valence-electron chi connectivity index (χ3n) is 11.2. The minimum atomic E-state index is 0.565. The molecule has 0 saturated carbocycles. The van der Waals surface area contributed by atoms with E-state index < -0.39 is 0 Å². The van der Waals surface area contributed by atoms with Gasteiger partial charge in [-0.2, -0.15) is 0 Å². The second-order valence-electron chi connectivity index (χ2n) is 14.7. The molecular weight excluding hydrogens is 743 g/mol. The Morgan fingerprint density at radius 3 is 1.88 bits per heavy atom. The van der Waals surface area contributed by atoms with Crippen LogP contribution in [0.1, 0.15) is 0 Å². The van der Waals surface area contributed by atoms with E-state index in [1.165, 1.54) is 20.2 Å². The largest absolute Gasteiger partial charge is 0.456 e. The highest BCUT2D eigenvalue weighted by molar-refractivity contribution is 7.26. The van der Waals surface area contributed by atoms with Gasteiger partial charge in [0, 0.05) is 48.9 Å². The number of furan rings is 1.